The quantitative estimate of drug-likeness (QED) is 0.298. The molecular formula is C41H53NS. The Morgan fingerprint density at radius 2 is 0.953 bits per heavy atom. The molecular weight excluding hydrogens is 539 g/mol. The summed E-state index contributed by atoms with van der Waals surface area (Å²) in [5.74, 6) is 3.79. The summed E-state index contributed by atoms with van der Waals surface area (Å²) < 4.78 is 0. The van der Waals surface area contributed by atoms with Gasteiger partial charge >= 0.3 is 0 Å². The van der Waals surface area contributed by atoms with Crippen molar-refractivity contribution in [3.05, 3.63) is 93.3 Å². The second kappa shape index (κ2) is 11.2. The van der Waals surface area contributed by atoms with Crippen LogP contribution in [-0.2, 0) is 21.7 Å². The molecule has 228 valence electrons. The molecule has 0 saturated carbocycles. The van der Waals surface area contributed by atoms with Gasteiger partial charge in [-0.25, -0.2) is 0 Å². The monoisotopic (exact) mass is 591 g/mol. The van der Waals surface area contributed by atoms with Crippen LogP contribution in [0.25, 0.3) is 22.3 Å². The molecule has 0 fully saturated rings. The number of benzene rings is 3. The number of rotatable bonds is 3. The van der Waals surface area contributed by atoms with Crippen molar-refractivity contribution in [3.63, 3.8) is 0 Å². The number of anilines is 1. The minimum Gasteiger partial charge on any atom is -0.321 e. The topological polar surface area (TPSA) is 3.24 Å². The van der Waals surface area contributed by atoms with Crippen LogP contribution in [0.4, 0.5) is 5.69 Å². The Hall–Kier alpha value is -2.45. The van der Waals surface area contributed by atoms with Crippen molar-refractivity contribution in [1.82, 2.24) is 0 Å². The maximum absolute atomic E-state index is 3.79. The average Bonchev–Trinajstić information content (AvgIpc) is 3.34. The van der Waals surface area contributed by atoms with Gasteiger partial charge in [-0.05, 0) is 80.7 Å². The molecule has 0 saturated heterocycles. The van der Waals surface area contributed by atoms with Crippen LogP contribution < -0.4 is 4.90 Å². The molecule has 0 atom stereocenters. The number of hydrogen-bond donors (Lipinski definition) is 0. The predicted octanol–water partition coefficient (Wildman–Crippen LogP) is 12.5. The van der Waals surface area contributed by atoms with Crippen LogP contribution in [0.2, 0.25) is 0 Å². The number of para-hydroxylation sites is 1. The molecule has 1 aliphatic heterocycles. The fourth-order valence-electron chi connectivity index (χ4n) is 6.09. The van der Waals surface area contributed by atoms with E-state index in [0.717, 1.165) is 6.42 Å². The Morgan fingerprint density at radius 1 is 0.558 bits per heavy atom. The number of hydrogen-bond acceptors (Lipinski definition) is 2. The Labute approximate surface area is 267 Å². The smallest absolute Gasteiger partial charge is 0.169 e. The normalized spacial score (nSPS) is 16.6. The molecule has 0 bridgehead atoms. The van der Waals surface area contributed by atoms with Gasteiger partial charge in [0.25, 0.3) is 0 Å². The van der Waals surface area contributed by atoms with E-state index in [1.807, 2.05) is 11.8 Å². The summed E-state index contributed by atoms with van der Waals surface area (Å²) in [6.07, 6.45) is 4.81. The summed E-state index contributed by atoms with van der Waals surface area (Å²) in [6.45, 7) is 28.0. The molecule has 43 heavy (non-hydrogen) atoms. The van der Waals surface area contributed by atoms with Crippen LogP contribution in [0.3, 0.4) is 0 Å². The van der Waals surface area contributed by atoms with E-state index in [9.17, 15) is 0 Å². The maximum Gasteiger partial charge on any atom is 0.169 e. The van der Waals surface area contributed by atoms with E-state index in [4.69, 9.17) is 0 Å². The maximum atomic E-state index is 3.79. The first-order valence-electron chi connectivity index (χ1n) is 16.2. The van der Waals surface area contributed by atoms with E-state index >= 15 is 0 Å². The van der Waals surface area contributed by atoms with Gasteiger partial charge in [0.2, 0.25) is 0 Å². The van der Waals surface area contributed by atoms with E-state index in [1.165, 1.54) is 80.1 Å². The van der Waals surface area contributed by atoms with Crippen LogP contribution in [-0.4, -0.2) is 0 Å². The highest BCUT2D eigenvalue weighted by Gasteiger charge is 2.32. The first-order valence-corrected chi connectivity index (χ1v) is 17.1. The highest BCUT2D eigenvalue weighted by molar-refractivity contribution is 8.05. The zero-order chi connectivity index (χ0) is 31.5. The third-order valence-electron chi connectivity index (χ3n) is 9.13. The summed E-state index contributed by atoms with van der Waals surface area (Å²) in [4.78, 5) is 3.95. The SMILES string of the molecule is CC(C)(C)c1cc(-c2cccc(-c3cc(C(C)(C)C)cc(C(C)(C)C)c3)c2N2[C]SC3=C2CCCC3)cc(C(C)(C)C)c1. The number of nitrogens with zero attached hydrogens (tertiary/aromatic N) is 1. The second-order valence-electron chi connectivity index (χ2n) is 16.9. The molecule has 0 amide bonds. The van der Waals surface area contributed by atoms with Crippen molar-refractivity contribution >= 4 is 17.4 Å². The van der Waals surface area contributed by atoms with E-state index in [0.29, 0.717) is 0 Å². The average molecular weight is 592 g/mol. The van der Waals surface area contributed by atoms with Gasteiger partial charge in [0, 0.05) is 21.7 Å². The summed E-state index contributed by atoms with van der Waals surface area (Å²) >= 11 is 1.82. The van der Waals surface area contributed by atoms with E-state index in [-0.39, 0.29) is 21.7 Å². The van der Waals surface area contributed by atoms with Gasteiger partial charge in [0.15, 0.2) is 5.88 Å². The lowest BCUT2D eigenvalue weighted by atomic mass is 9.77. The Balaban J connectivity index is 1.84. The molecule has 3 aromatic rings. The molecule has 0 unspecified atom stereocenters. The Kier molecular flexibility index (Phi) is 8.30. The molecule has 1 aliphatic carbocycles. The molecule has 2 aliphatic rings. The minimum atomic E-state index is 0.0528. The van der Waals surface area contributed by atoms with Gasteiger partial charge in [-0.2, -0.15) is 0 Å². The highest BCUT2D eigenvalue weighted by atomic mass is 32.2. The van der Waals surface area contributed by atoms with Crippen LogP contribution in [0.1, 0.15) is 131 Å². The van der Waals surface area contributed by atoms with E-state index in [1.54, 1.807) is 0 Å². The number of allylic oxidation sites excluding steroid dienone is 2. The van der Waals surface area contributed by atoms with Crippen LogP contribution >= 0.6 is 11.8 Å². The molecule has 5 rings (SSSR count). The third-order valence-corrected chi connectivity index (χ3v) is 10.1. The molecule has 0 aromatic heterocycles. The largest absolute Gasteiger partial charge is 0.321 e. The molecule has 1 nitrogen and oxygen atoms in total. The van der Waals surface area contributed by atoms with Crippen LogP contribution in [0.5, 0.6) is 0 Å². The van der Waals surface area contributed by atoms with Gasteiger partial charge < -0.3 is 4.90 Å². The molecule has 1 heterocycles. The Bertz CT molecular complexity index is 1380. The Morgan fingerprint density at radius 3 is 1.35 bits per heavy atom. The summed E-state index contributed by atoms with van der Waals surface area (Å²) in [6, 6.07) is 21.6. The van der Waals surface area contributed by atoms with E-state index in [2.05, 4.69) is 148 Å². The lowest BCUT2D eigenvalue weighted by molar-refractivity contribution is 0.568. The van der Waals surface area contributed by atoms with Gasteiger partial charge in [-0.15, -0.1) is 0 Å². The minimum absolute atomic E-state index is 0.0528. The fourth-order valence-corrected chi connectivity index (χ4v) is 7.05. The second-order valence-corrected chi connectivity index (χ2v) is 17.8. The molecule has 0 spiro atoms. The van der Waals surface area contributed by atoms with Crippen molar-refractivity contribution < 1.29 is 0 Å². The van der Waals surface area contributed by atoms with Crippen molar-refractivity contribution in [2.45, 2.75) is 130 Å². The van der Waals surface area contributed by atoms with Gasteiger partial charge in [-0.1, -0.05) is 149 Å². The van der Waals surface area contributed by atoms with Crippen LogP contribution in [0.15, 0.2) is 65.2 Å². The van der Waals surface area contributed by atoms with Crippen molar-refractivity contribution in [3.8, 4) is 22.3 Å². The van der Waals surface area contributed by atoms with E-state index < -0.39 is 0 Å². The van der Waals surface area contributed by atoms with Crippen LogP contribution in [0, 0.1) is 5.88 Å². The van der Waals surface area contributed by atoms with Gasteiger partial charge in [0.1, 0.15) is 0 Å². The molecule has 0 N–H and O–H groups in total. The summed E-state index contributed by atoms with van der Waals surface area (Å²) in [5, 5.41) is 0. The van der Waals surface area contributed by atoms with Crippen molar-refractivity contribution in [2.75, 3.05) is 4.90 Å². The standard InChI is InChI=1S/C41H53NS/c1-38(2,3)29-20-27(21-30(24-29)39(4,5)6)33-16-15-17-34(37(33)42-26-43-36-19-14-13-18-35(36)42)28-22-31(40(7,8)9)25-32(23-28)41(10,11)12/h15-17,20-25H,13-14,18-19H2,1-12H3. The first kappa shape index (κ1) is 32.0. The summed E-state index contributed by atoms with van der Waals surface area (Å²) in [5.41, 5.74) is 13.7. The fraction of sp³-hybridized carbons (Fsp3) is 0.488. The number of thioether (sulfide) groups is 1. The summed E-state index contributed by atoms with van der Waals surface area (Å²) in [7, 11) is 0. The lowest BCUT2D eigenvalue weighted by Crippen LogP contribution is -2.19. The molecule has 3 aromatic carbocycles. The van der Waals surface area contributed by atoms with Gasteiger partial charge in [-0.3, -0.25) is 0 Å². The van der Waals surface area contributed by atoms with Gasteiger partial charge in [0.05, 0.1) is 5.69 Å². The first-order chi connectivity index (χ1) is 19.8. The highest BCUT2D eigenvalue weighted by Crippen LogP contribution is 2.52. The van der Waals surface area contributed by atoms with Crippen molar-refractivity contribution in [2.24, 2.45) is 0 Å². The zero-order valence-corrected chi connectivity index (χ0v) is 29.7. The predicted molar refractivity (Wildman–Crippen MR) is 191 cm³/mol. The third kappa shape index (κ3) is 6.65. The lowest BCUT2D eigenvalue weighted by Gasteiger charge is -2.31. The van der Waals surface area contributed by atoms with Crippen molar-refractivity contribution in [1.29, 1.82) is 0 Å². The molecule has 2 heteroatoms. The zero-order valence-electron chi connectivity index (χ0n) is 28.9. The molecule has 2 radical (unpaired) electrons.